The number of rotatable bonds is 1. The molecule has 5 nitrogen and oxygen atoms in total. The van der Waals surface area contributed by atoms with E-state index in [1.54, 1.807) is 41.0 Å². The van der Waals surface area contributed by atoms with Crippen molar-refractivity contribution in [2.45, 2.75) is 13.3 Å². The van der Waals surface area contributed by atoms with Gasteiger partial charge in [0.25, 0.3) is 5.91 Å². The van der Waals surface area contributed by atoms with Crippen LogP contribution in [-0.2, 0) is 4.79 Å². The number of carbonyl (C=O) groups excluding carboxylic acids is 2. The number of amides is 2. The van der Waals surface area contributed by atoms with E-state index in [1.165, 1.54) is 0 Å². The summed E-state index contributed by atoms with van der Waals surface area (Å²) in [5.74, 6) is 0.0761. The Bertz CT molecular complexity index is 476. The zero-order chi connectivity index (χ0) is 13.8. The third kappa shape index (κ3) is 3.87. The van der Waals surface area contributed by atoms with Crippen LogP contribution in [0.25, 0.3) is 0 Å². The van der Waals surface area contributed by atoms with Gasteiger partial charge in [0.2, 0.25) is 5.91 Å². The van der Waals surface area contributed by atoms with Crippen molar-refractivity contribution in [1.82, 2.24) is 9.80 Å². The number of carbonyl (C=O) groups is 2. The molecule has 2 N–H and O–H groups in total. The van der Waals surface area contributed by atoms with Gasteiger partial charge in [-0.15, -0.1) is 12.4 Å². The highest BCUT2D eigenvalue weighted by Gasteiger charge is 2.21. The lowest BCUT2D eigenvalue weighted by Gasteiger charge is -2.21. The number of halogens is 1. The summed E-state index contributed by atoms with van der Waals surface area (Å²) in [6, 6.07) is 6.94. The van der Waals surface area contributed by atoms with E-state index in [4.69, 9.17) is 5.73 Å². The summed E-state index contributed by atoms with van der Waals surface area (Å²) in [5.41, 5.74) is 6.90. The average Bonchev–Trinajstić information content (AvgIpc) is 2.64. The number of nitrogens with zero attached hydrogens (tertiary/aromatic N) is 2. The van der Waals surface area contributed by atoms with Crippen LogP contribution < -0.4 is 5.73 Å². The molecule has 0 aliphatic carbocycles. The Hall–Kier alpha value is -1.75. The first kappa shape index (κ1) is 16.3. The Morgan fingerprint density at radius 3 is 2.15 bits per heavy atom. The first-order valence-corrected chi connectivity index (χ1v) is 6.48. The van der Waals surface area contributed by atoms with E-state index in [1.807, 2.05) is 0 Å². The SMILES string of the molecule is CC(=O)N1CCCN(C(=O)c2ccc(N)cc2)CC1.Cl. The minimum Gasteiger partial charge on any atom is -0.399 e. The van der Waals surface area contributed by atoms with Gasteiger partial charge in [0, 0.05) is 44.4 Å². The molecule has 0 bridgehead atoms. The summed E-state index contributed by atoms with van der Waals surface area (Å²) in [7, 11) is 0. The molecule has 1 aromatic carbocycles. The summed E-state index contributed by atoms with van der Waals surface area (Å²) < 4.78 is 0. The smallest absolute Gasteiger partial charge is 0.253 e. The van der Waals surface area contributed by atoms with Gasteiger partial charge in [-0.05, 0) is 30.7 Å². The van der Waals surface area contributed by atoms with E-state index in [0.29, 0.717) is 30.9 Å². The summed E-state index contributed by atoms with van der Waals surface area (Å²) in [4.78, 5) is 27.3. The minimum absolute atomic E-state index is 0. The lowest BCUT2D eigenvalue weighted by molar-refractivity contribution is -0.128. The summed E-state index contributed by atoms with van der Waals surface area (Å²) in [6.45, 7) is 4.17. The van der Waals surface area contributed by atoms with Crippen LogP contribution >= 0.6 is 12.4 Å². The number of benzene rings is 1. The van der Waals surface area contributed by atoms with Crippen LogP contribution in [0.4, 0.5) is 5.69 Å². The van der Waals surface area contributed by atoms with Crippen LogP contribution in [0.15, 0.2) is 24.3 Å². The third-order valence-corrected chi connectivity index (χ3v) is 3.39. The summed E-state index contributed by atoms with van der Waals surface area (Å²) in [6.07, 6.45) is 0.820. The summed E-state index contributed by atoms with van der Waals surface area (Å²) in [5, 5.41) is 0. The maximum absolute atomic E-state index is 12.3. The normalized spacial score (nSPS) is 15.2. The third-order valence-electron chi connectivity index (χ3n) is 3.39. The lowest BCUT2D eigenvalue weighted by atomic mass is 10.2. The zero-order valence-electron chi connectivity index (χ0n) is 11.5. The van der Waals surface area contributed by atoms with Gasteiger partial charge in [0.05, 0.1) is 0 Å². The standard InChI is InChI=1S/C14H19N3O2.ClH/c1-11(18)16-7-2-8-17(10-9-16)14(19)12-3-5-13(15)6-4-12;/h3-6H,2,7-10,15H2,1H3;1H. The van der Waals surface area contributed by atoms with Crippen molar-refractivity contribution in [2.75, 3.05) is 31.9 Å². The van der Waals surface area contributed by atoms with E-state index >= 15 is 0 Å². The van der Waals surface area contributed by atoms with Gasteiger partial charge in [-0.2, -0.15) is 0 Å². The van der Waals surface area contributed by atoms with Gasteiger partial charge < -0.3 is 15.5 Å². The molecule has 1 heterocycles. The van der Waals surface area contributed by atoms with Crippen molar-refractivity contribution < 1.29 is 9.59 Å². The molecule has 1 saturated heterocycles. The molecule has 0 spiro atoms. The minimum atomic E-state index is 0. The highest BCUT2D eigenvalue weighted by Crippen LogP contribution is 2.11. The molecular formula is C14H20ClN3O2. The van der Waals surface area contributed by atoms with E-state index in [-0.39, 0.29) is 24.2 Å². The Morgan fingerprint density at radius 2 is 1.55 bits per heavy atom. The van der Waals surface area contributed by atoms with E-state index in [9.17, 15) is 9.59 Å². The largest absolute Gasteiger partial charge is 0.399 e. The van der Waals surface area contributed by atoms with E-state index < -0.39 is 0 Å². The fraction of sp³-hybridized carbons (Fsp3) is 0.429. The number of nitrogens with two attached hydrogens (primary N) is 1. The molecule has 1 aromatic rings. The Balaban J connectivity index is 0.00000200. The number of hydrogen-bond acceptors (Lipinski definition) is 3. The van der Waals surface area contributed by atoms with Crippen molar-refractivity contribution in [1.29, 1.82) is 0 Å². The topological polar surface area (TPSA) is 66.6 Å². The second kappa shape index (κ2) is 7.14. The van der Waals surface area contributed by atoms with Crippen molar-refractivity contribution in [3.8, 4) is 0 Å². The van der Waals surface area contributed by atoms with Gasteiger partial charge >= 0.3 is 0 Å². The monoisotopic (exact) mass is 297 g/mol. The molecule has 1 aliphatic rings. The van der Waals surface area contributed by atoms with Crippen molar-refractivity contribution in [2.24, 2.45) is 0 Å². The van der Waals surface area contributed by atoms with E-state index in [2.05, 4.69) is 0 Å². The van der Waals surface area contributed by atoms with Crippen molar-refractivity contribution in [3.63, 3.8) is 0 Å². The fourth-order valence-electron chi connectivity index (χ4n) is 2.24. The Morgan fingerprint density at radius 1 is 1.00 bits per heavy atom. The molecule has 0 unspecified atom stereocenters. The summed E-state index contributed by atoms with van der Waals surface area (Å²) >= 11 is 0. The quantitative estimate of drug-likeness (QED) is 0.797. The Kier molecular flexibility index (Phi) is 5.82. The molecule has 0 aromatic heterocycles. The molecule has 0 saturated carbocycles. The maximum Gasteiger partial charge on any atom is 0.253 e. The fourth-order valence-corrected chi connectivity index (χ4v) is 2.24. The number of anilines is 1. The number of hydrogen-bond donors (Lipinski definition) is 1. The van der Waals surface area contributed by atoms with Crippen molar-refractivity contribution in [3.05, 3.63) is 29.8 Å². The van der Waals surface area contributed by atoms with Gasteiger partial charge in [-0.1, -0.05) is 0 Å². The molecule has 110 valence electrons. The maximum atomic E-state index is 12.3. The van der Waals surface area contributed by atoms with Crippen LogP contribution in [0.3, 0.4) is 0 Å². The highest BCUT2D eigenvalue weighted by molar-refractivity contribution is 5.94. The first-order valence-electron chi connectivity index (χ1n) is 6.48. The Labute approximate surface area is 125 Å². The molecule has 1 fully saturated rings. The average molecular weight is 298 g/mol. The van der Waals surface area contributed by atoms with Gasteiger partial charge in [-0.25, -0.2) is 0 Å². The van der Waals surface area contributed by atoms with Crippen LogP contribution in [0, 0.1) is 0 Å². The molecular weight excluding hydrogens is 278 g/mol. The van der Waals surface area contributed by atoms with E-state index in [0.717, 1.165) is 13.0 Å². The second-order valence-corrected chi connectivity index (χ2v) is 4.77. The predicted molar refractivity (Wildman–Crippen MR) is 80.9 cm³/mol. The first-order chi connectivity index (χ1) is 9.08. The molecule has 0 atom stereocenters. The predicted octanol–water partition coefficient (Wildman–Crippen LogP) is 1.38. The van der Waals surface area contributed by atoms with Gasteiger partial charge in [0.1, 0.15) is 0 Å². The van der Waals surface area contributed by atoms with Crippen molar-refractivity contribution >= 4 is 29.9 Å². The highest BCUT2D eigenvalue weighted by atomic mass is 35.5. The molecule has 20 heavy (non-hydrogen) atoms. The second-order valence-electron chi connectivity index (χ2n) is 4.77. The van der Waals surface area contributed by atoms with Gasteiger partial charge in [-0.3, -0.25) is 9.59 Å². The molecule has 0 radical (unpaired) electrons. The lowest BCUT2D eigenvalue weighted by Crippen LogP contribution is -2.36. The molecule has 1 aliphatic heterocycles. The van der Waals surface area contributed by atoms with Crippen LogP contribution in [0.1, 0.15) is 23.7 Å². The molecule has 6 heteroatoms. The zero-order valence-corrected chi connectivity index (χ0v) is 12.4. The number of nitrogen functional groups attached to an aromatic ring is 1. The molecule has 2 rings (SSSR count). The van der Waals surface area contributed by atoms with Crippen LogP contribution in [0.2, 0.25) is 0 Å². The van der Waals surface area contributed by atoms with Crippen LogP contribution in [-0.4, -0.2) is 47.8 Å². The van der Waals surface area contributed by atoms with Gasteiger partial charge in [0.15, 0.2) is 0 Å². The molecule has 2 amide bonds. The van der Waals surface area contributed by atoms with Crippen LogP contribution in [0.5, 0.6) is 0 Å².